The summed E-state index contributed by atoms with van der Waals surface area (Å²) < 4.78 is 1.02. The second-order valence-corrected chi connectivity index (χ2v) is 6.93. The molecule has 1 fully saturated rings. The molecule has 6 heteroatoms. The molecule has 1 heterocycles. The van der Waals surface area contributed by atoms with E-state index in [4.69, 9.17) is 0 Å². The van der Waals surface area contributed by atoms with E-state index < -0.39 is 5.97 Å². The summed E-state index contributed by atoms with van der Waals surface area (Å²) in [4.78, 5) is 33.3. The number of Topliss-reactive ketones (excluding diaryl/α,β-unsaturated/α-hetero) is 1. The van der Waals surface area contributed by atoms with Crippen LogP contribution in [-0.2, 0) is 14.4 Å². The number of hydrogen-bond acceptors (Lipinski definition) is 4. The number of carbonyl (C=O) groups excluding carboxylic acids is 3. The van der Waals surface area contributed by atoms with Gasteiger partial charge in [0.1, 0.15) is 5.78 Å². The Labute approximate surface area is 140 Å². The maximum Gasteiger partial charge on any atom is 0.223 e. The standard InChI is InChI=1S/C12H25N2O.C5H8O3/c1-5-9-14(3,4)10-8-13-11(2)6-7-12(13)15;1-4(6)2-3-5(7)8/h11H,5-10H2,1-4H3;2-3H2,1H3,(H,7,8)/q+1;/p-1. The van der Waals surface area contributed by atoms with Crippen LogP contribution < -0.4 is 5.11 Å². The van der Waals surface area contributed by atoms with Crippen LogP contribution in [0.5, 0.6) is 0 Å². The molecule has 0 aromatic rings. The Kier molecular flexibility index (Phi) is 9.72. The second-order valence-electron chi connectivity index (χ2n) is 6.93. The van der Waals surface area contributed by atoms with E-state index in [0.29, 0.717) is 11.9 Å². The molecule has 1 unspecified atom stereocenters. The van der Waals surface area contributed by atoms with Crippen LogP contribution in [0.15, 0.2) is 0 Å². The van der Waals surface area contributed by atoms with Gasteiger partial charge in [-0.05, 0) is 33.1 Å². The van der Waals surface area contributed by atoms with Gasteiger partial charge in [0.05, 0.1) is 33.7 Å². The fourth-order valence-corrected chi connectivity index (χ4v) is 2.60. The zero-order valence-electron chi connectivity index (χ0n) is 15.3. The highest BCUT2D eigenvalue weighted by molar-refractivity contribution is 5.79. The van der Waals surface area contributed by atoms with Crippen molar-refractivity contribution < 1.29 is 24.0 Å². The Hall–Kier alpha value is -1.43. The van der Waals surface area contributed by atoms with Crippen molar-refractivity contribution in [2.45, 2.75) is 58.9 Å². The molecular formula is C17H32N2O4. The summed E-state index contributed by atoms with van der Waals surface area (Å²) in [7, 11) is 4.49. The molecule has 23 heavy (non-hydrogen) atoms. The number of carboxylic acids is 1. The first-order chi connectivity index (χ1) is 10.6. The van der Waals surface area contributed by atoms with Crippen LogP contribution in [-0.4, -0.2) is 66.8 Å². The molecule has 0 radical (unpaired) electrons. The molecule has 1 amide bonds. The molecule has 134 valence electrons. The van der Waals surface area contributed by atoms with Gasteiger partial charge in [0.2, 0.25) is 5.91 Å². The van der Waals surface area contributed by atoms with E-state index in [2.05, 4.69) is 32.8 Å². The third-order valence-electron chi connectivity index (χ3n) is 4.08. The third-order valence-corrected chi connectivity index (χ3v) is 4.08. The van der Waals surface area contributed by atoms with E-state index in [9.17, 15) is 19.5 Å². The van der Waals surface area contributed by atoms with Crippen molar-refractivity contribution in [2.24, 2.45) is 0 Å². The molecule has 1 aliphatic rings. The van der Waals surface area contributed by atoms with Crippen molar-refractivity contribution in [1.82, 2.24) is 4.90 Å². The molecule has 1 rings (SSSR count). The highest BCUT2D eigenvalue weighted by atomic mass is 16.4. The van der Waals surface area contributed by atoms with E-state index in [0.717, 1.165) is 30.4 Å². The number of quaternary nitrogens is 1. The van der Waals surface area contributed by atoms with Gasteiger partial charge in [0.15, 0.2) is 0 Å². The molecule has 0 N–H and O–H groups in total. The maximum atomic E-state index is 11.6. The smallest absolute Gasteiger partial charge is 0.223 e. The van der Waals surface area contributed by atoms with Crippen LogP contribution in [0.25, 0.3) is 0 Å². The second kappa shape index (κ2) is 10.4. The Morgan fingerprint density at radius 1 is 1.26 bits per heavy atom. The van der Waals surface area contributed by atoms with Gasteiger partial charge in [-0.1, -0.05) is 6.92 Å². The van der Waals surface area contributed by atoms with Crippen molar-refractivity contribution in [2.75, 3.05) is 33.7 Å². The molecular weight excluding hydrogens is 296 g/mol. The zero-order valence-corrected chi connectivity index (χ0v) is 15.3. The average molecular weight is 328 g/mol. The summed E-state index contributed by atoms with van der Waals surface area (Å²) in [5.74, 6) is -0.937. The van der Waals surface area contributed by atoms with Crippen LogP contribution in [0, 0.1) is 0 Å². The SMILES string of the molecule is CC(=O)CCC(=O)[O-].CCC[N+](C)(C)CCN1C(=O)CCC1C. The van der Waals surface area contributed by atoms with Gasteiger partial charge >= 0.3 is 0 Å². The lowest BCUT2D eigenvalue weighted by molar-refractivity contribution is -0.889. The summed E-state index contributed by atoms with van der Waals surface area (Å²) in [5, 5.41) is 9.64. The molecule has 1 aliphatic heterocycles. The molecule has 0 aliphatic carbocycles. The number of nitrogens with zero attached hydrogens (tertiary/aromatic N) is 2. The summed E-state index contributed by atoms with van der Waals surface area (Å²) in [6.07, 6.45) is 2.93. The lowest BCUT2D eigenvalue weighted by Crippen LogP contribution is -2.47. The van der Waals surface area contributed by atoms with Crippen LogP contribution in [0.3, 0.4) is 0 Å². The quantitative estimate of drug-likeness (QED) is 0.611. The maximum absolute atomic E-state index is 11.6. The number of ketones is 1. The highest BCUT2D eigenvalue weighted by Crippen LogP contribution is 2.17. The predicted molar refractivity (Wildman–Crippen MR) is 87.5 cm³/mol. The topological polar surface area (TPSA) is 77.5 Å². The van der Waals surface area contributed by atoms with E-state index in [1.165, 1.54) is 19.9 Å². The number of rotatable bonds is 8. The van der Waals surface area contributed by atoms with Gasteiger partial charge in [-0.3, -0.25) is 4.79 Å². The molecule has 1 saturated heterocycles. The largest absolute Gasteiger partial charge is 0.550 e. The molecule has 0 saturated carbocycles. The summed E-state index contributed by atoms with van der Waals surface area (Å²) >= 11 is 0. The third kappa shape index (κ3) is 10.0. The first-order valence-corrected chi connectivity index (χ1v) is 8.39. The highest BCUT2D eigenvalue weighted by Gasteiger charge is 2.28. The van der Waals surface area contributed by atoms with Crippen LogP contribution in [0.4, 0.5) is 0 Å². The van der Waals surface area contributed by atoms with Gasteiger partial charge < -0.3 is 24.1 Å². The minimum Gasteiger partial charge on any atom is -0.550 e. The van der Waals surface area contributed by atoms with Crippen molar-refractivity contribution in [3.8, 4) is 0 Å². The van der Waals surface area contributed by atoms with E-state index in [1.807, 2.05) is 0 Å². The molecule has 0 aromatic carbocycles. The van der Waals surface area contributed by atoms with E-state index >= 15 is 0 Å². The normalized spacial score (nSPS) is 17.7. The number of amides is 1. The molecule has 1 atom stereocenters. The van der Waals surface area contributed by atoms with Crippen LogP contribution >= 0.6 is 0 Å². The van der Waals surface area contributed by atoms with Gasteiger partial charge in [-0.2, -0.15) is 0 Å². The minimum atomic E-state index is -1.17. The lowest BCUT2D eigenvalue weighted by atomic mass is 10.2. The first-order valence-electron chi connectivity index (χ1n) is 8.39. The zero-order chi connectivity index (χ0) is 18.0. The lowest BCUT2D eigenvalue weighted by Gasteiger charge is -2.32. The number of likely N-dealkylation sites (N-methyl/N-ethyl adjacent to an activating group) is 1. The number of carbonyl (C=O) groups is 3. The van der Waals surface area contributed by atoms with E-state index in [1.54, 1.807) is 0 Å². The van der Waals surface area contributed by atoms with Crippen molar-refractivity contribution in [3.63, 3.8) is 0 Å². The Morgan fingerprint density at radius 3 is 2.22 bits per heavy atom. The van der Waals surface area contributed by atoms with Gasteiger partial charge in [-0.15, -0.1) is 0 Å². The van der Waals surface area contributed by atoms with Crippen LogP contribution in [0.1, 0.15) is 52.9 Å². The number of aliphatic carboxylic acids is 1. The van der Waals surface area contributed by atoms with Crippen molar-refractivity contribution in [3.05, 3.63) is 0 Å². The average Bonchev–Trinajstić information content (AvgIpc) is 2.74. The van der Waals surface area contributed by atoms with E-state index in [-0.39, 0.29) is 18.6 Å². The predicted octanol–water partition coefficient (Wildman–Crippen LogP) is 0.589. The summed E-state index contributed by atoms with van der Waals surface area (Å²) in [6.45, 7) is 8.91. The molecule has 0 spiro atoms. The summed E-state index contributed by atoms with van der Waals surface area (Å²) in [6, 6.07) is 0.458. The monoisotopic (exact) mass is 328 g/mol. The Balaban J connectivity index is 0.000000515. The fraction of sp³-hybridized carbons (Fsp3) is 0.824. The van der Waals surface area contributed by atoms with Gasteiger partial charge in [0, 0.05) is 24.9 Å². The number of likely N-dealkylation sites (tertiary alicyclic amines) is 1. The summed E-state index contributed by atoms with van der Waals surface area (Å²) in [5.41, 5.74) is 0. The molecule has 6 nitrogen and oxygen atoms in total. The minimum absolute atomic E-state index is 0.0856. The first kappa shape index (κ1) is 21.6. The Morgan fingerprint density at radius 2 is 1.87 bits per heavy atom. The molecule has 0 bridgehead atoms. The number of carboxylic acid groups (broad SMARTS) is 1. The van der Waals surface area contributed by atoms with Gasteiger partial charge in [-0.25, -0.2) is 0 Å². The molecule has 0 aromatic heterocycles. The van der Waals surface area contributed by atoms with Crippen molar-refractivity contribution >= 4 is 17.7 Å². The number of hydrogen-bond donors (Lipinski definition) is 0. The Bertz CT molecular complexity index is 393. The van der Waals surface area contributed by atoms with Crippen molar-refractivity contribution in [1.29, 1.82) is 0 Å². The van der Waals surface area contributed by atoms with Crippen LogP contribution in [0.2, 0.25) is 0 Å². The van der Waals surface area contributed by atoms with Gasteiger partial charge in [0.25, 0.3) is 0 Å². The fourth-order valence-electron chi connectivity index (χ4n) is 2.60.